The van der Waals surface area contributed by atoms with Gasteiger partial charge in [0.05, 0.1) is 23.2 Å². The van der Waals surface area contributed by atoms with E-state index in [1.807, 2.05) is 95.8 Å². The number of amides is 2. The molecule has 1 aliphatic rings. The summed E-state index contributed by atoms with van der Waals surface area (Å²) in [5, 5.41) is 1.84. The number of nitrogens with one attached hydrogen (secondary N) is 1. The van der Waals surface area contributed by atoms with Crippen molar-refractivity contribution in [2.24, 2.45) is 0 Å². The van der Waals surface area contributed by atoms with Crippen molar-refractivity contribution in [1.82, 2.24) is 14.5 Å². The number of H-pyrrole nitrogens is 1. The molecule has 0 aliphatic carbocycles. The van der Waals surface area contributed by atoms with Crippen LogP contribution in [-0.4, -0.2) is 40.9 Å². The van der Waals surface area contributed by atoms with E-state index in [1.165, 1.54) is 4.90 Å². The average Bonchev–Trinajstić information content (AvgIpc) is 3.60. The number of carbonyl (C=O) groups excluding carboxylic acids is 2. The average molecular weight is 548 g/mol. The van der Waals surface area contributed by atoms with E-state index in [4.69, 9.17) is 4.74 Å². The highest BCUT2D eigenvalue weighted by Gasteiger charge is 2.41. The molecule has 0 atom stereocenters. The molecular formula is C33H33N3O3Si. The number of aromatic nitrogens is 2. The molecule has 3 aromatic carbocycles. The molecule has 0 spiro atoms. The van der Waals surface area contributed by atoms with Crippen molar-refractivity contribution in [3.8, 4) is 0 Å². The monoisotopic (exact) mass is 547 g/mol. The summed E-state index contributed by atoms with van der Waals surface area (Å²) < 4.78 is 8.15. The Hall–Kier alpha value is -4.20. The van der Waals surface area contributed by atoms with E-state index in [2.05, 4.69) is 24.6 Å². The van der Waals surface area contributed by atoms with Crippen molar-refractivity contribution in [3.05, 3.63) is 108 Å². The van der Waals surface area contributed by atoms with Crippen LogP contribution in [0.15, 0.2) is 91.3 Å². The van der Waals surface area contributed by atoms with Crippen molar-refractivity contribution in [3.63, 3.8) is 0 Å². The van der Waals surface area contributed by atoms with Gasteiger partial charge < -0.3 is 14.3 Å². The molecule has 2 aromatic heterocycles. The number of rotatable bonds is 9. The van der Waals surface area contributed by atoms with Crippen LogP contribution in [0.5, 0.6) is 0 Å². The number of fused-ring (bicyclic) bond motifs is 2. The van der Waals surface area contributed by atoms with E-state index in [0.717, 1.165) is 44.5 Å². The predicted molar refractivity (Wildman–Crippen MR) is 163 cm³/mol. The van der Waals surface area contributed by atoms with Crippen LogP contribution in [0, 0.1) is 0 Å². The molecular weight excluding hydrogens is 514 g/mol. The first-order valence-electron chi connectivity index (χ1n) is 13.7. The second kappa shape index (κ2) is 10.4. The van der Waals surface area contributed by atoms with Crippen LogP contribution in [0.4, 0.5) is 0 Å². The number of imide groups is 1. The van der Waals surface area contributed by atoms with Gasteiger partial charge in [-0.25, -0.2) is 0 Å². The standard InChI is InChI=1S/C33H33N3O3Si/c1-40(2,3)18-17-39-22-35-21-27(25-14-8-10-16-29(25)35)31-30(26-19-34-28-15-9-7-13-24(26)28)32(37)36(33(31)38)20-23-11-5-4-6-12-23/h4-16,19,21,34H,17-18,20,22H2,1-3H3. The molecule has 0 bridgehead atoms. The lowest BCUT2D eigenvalue weighted by Gasteiger charge is -2.15. The number of para-hydroxylation sites is 2. The van der Waals surface area contributed by atoms with Crippen LogP contribution in [0.25, 0.3) is 33.0 Å². The number of benzene rings is 3. The van der Waals surface area contributed by atoms with Gasteiger partial charge in [0.1, 0.15) is 6.73 Å². The minimum Gasteiger partial charge on any atom is -0.361 e. The van der Waals surface area contributed by atoms with Crippen LogP contribution >= 0.6 is 0 Å². The van der Waals surface area contributed by atoms with Crippen molar-refractivity contribution < 1.29 is 14.3 Å². The van der Waals surface area contributed by atoms with E-state index < -0.39 is 8.07 Å². The molecule has 0 saturated carbocycles. The SMILES string of the molecule is C[Si](C)(C)CCOCn1cc(C2=C(c3c[nH]c4ccccc34)C(=O)N(Cc3ccccc3)C2=O)c2ccccc21. The zero-order valence-electron chi connectivity index (χ0n) is 23.1. The molecule has 1 aliphatic heterocycles. The van der Waals surface area contributed by atoms with Gasteiger partial charge in [-0.1, -0.05) is 86.4 Å². The number of aromatic amines is 1. The van der Waals surface area contributed by atoms with E-state index in [1.54, 1.807) is 0 Å². The normalized spacial score (nSPS) is 14.3. The zero-order chi connectivity index (χ0) is 27.9. The van der Waals surface area contributed by atoms with Gasteiger partial charge in [-0.2, -0.15) is 0 Å². The molecule has 7 heteroatoms. The van der Waals surface area contributed by atoms with E-state index in [0.29, 0.717) is 24.5 Å². The maximum Gasteiger partial charge on any atom is 0.262 e. The van der Waals surface area contributed by atoms with Crippen LogP contribution in [0.1, 0.15) is 16.7 Å². The lowest BCUT2D eigenvalue weighted by atomic mass is 9.95. The Balaban J connectivity index is 1.47. The van der Waals surface area contributed by atoms with Gasteiger partial charge in [0.25, 0.3) is 11.8 Å². The highest BCUT2D eigenvalue weighted by Crippen LogP contribution is 2.41. The first kappa shape index (κ1) is 26.0. The highest BCUT2D eigenvalue weighted by atomic mass is 28.3. The van der Waals surface area contributed by atoms with Crippen LogP contribution in [0.2, 0.25) is 25.7 Å². The van der Waals surface area contributed by atoms with Crippen molar-refractivity contribution >= 4 is 52.8 Å². The summed E-state index contributed by atoms with van der Waals surface area (Å²) in [5.74, 6) is -0.562. The predicted octanol–water partition coefficient (Wildman–Crippen LogP) is 6.91. The summed E-state index contributed by atoms with van der Waals surface area (Å²) in [6, 6.07) is 26.6. The number of hydrogen-bond donors (Lipinski definition) is 1. The molecule has 0 fully saturated rings. The fourth-order valence-electron chi connectivity index (χ4n) is 5.36. The lowest BCUT2D eigenvalue weighted by Crippen LogP contribution is -2.30. The Morgan fingerprint density at radius 2 is 1.43 bits per heavy atom. The van der Waals surface area contributed by atoms with Gasteiger partial charge in [0.2, 0.25) is 0 Å². The number of carbonyl (C=O) groups is 2. The zero-order valence-corrected chi connectivity index (χ0v) is 24.1. The highest BCUT2D eigenvalue weighted by molar-refractivity contribution is 6.76. The van der Waals surface area contributed by atoms with Crippen molar-refractivity contribution in [2.45, 2.75) is 39.0 Å². The number of ether oxygens (including phenoxy) is 1. The van der Waals surface area contributed by atoms with Crippen molar-refractivity contribution in [1.29, 1.82) is 0 Å². The molecule has 2 amide bonds. The third-order valence-electron chi connectivity index (χ3n) is 7.49. The molecule has 0 unspecified atom stereocenters. The minimum atomic E-state index is -1.22. The van der Waals surface area contributed by atoms with Gasteiger partial charge in [0.15, 0.2) is 0 Å². The quantitative estimate of drug-likeness (QED) is 0.124. The molecule has 202 valence electrons. The third kappa shape index (κ3) is 4.83. The van der Waals surface area contributed by atoms with Gasteiger partial charge >= 0.3 is 0 Å². The maximum absolute atomic E-state index is 14.2. The molecule has 6 nitrogen and oxygen atoms in total. The minimum absolute atomic E-state index is 0.215. The fraction of sp³-hybridized carbons (Fsp3) is 0.212. The second-order valence-corrected chi connectivity index (χ2v) is 17.2. The third-order valence-corrected chi connectivity index (χ3v) is 9.20. The van der Waals surface area contributed by atoms with Gasteiger partial charge in [0, 0.05) is 54.5 Å². The van der Waals surface area contributed by atoms with Crippen LogP contribution < -0.4 is 0 Å². The second-order valence-electron chi connectivity index (χ2n) is 11.6. The molecule has 40 heavy (non-hydrogen) atoms. The Morgan fingerprint density at radius 3 is 2.17 bits per heavy atom. The molecule has 1 N–H and O–H groups in total. The maximum atomic E-state index is 14.2. The Bertz CT molecular complexity index is 1760. The number of nitrogens with zero attached hydrogens (tertiary/aromatic N) is 2. The van der Waals surface area contributed by atoms with Gasteiger partial charge in [-0.3, -0.25) is 14.5 Å². The summed E-state index contributed by atoms with van der Waals surface area (Å²) in [4.78, 5) is 32.9. The van der Waals surface area contributed by atoms with Gasteiger partial charge in [-0.15, -0.1) is 0 Å². The molecule has 3 heterocycles. The summed E-state index contributed by atoms with van der Waals surface area (Å²) in [6.45, 7) is 8.30. The fourth-order valence-corrected chi connectivity index (χ4v) is 6.11. The Kier molecular flexibility index (Phi) is 6.78. The Labute approximate surface area is 234 Å². The Morgan fingerprint density at radius 1 is 0.775 bits per heavy atom. The summed E-state index contributed by atoms with van der Waals surface area (Å²) >= 11 is 0. The molecule has 0 radical (unpaired) electrons. The van der Waals surface area contributed by atoms with Crippen LogP contribution in [-0.2, 0) is 27.6 Å². The summed E-state index contributed by atoms with van der Waals surface area (Å²) in [5.41, 5.74) is 5.15. The smallest absolute Gasteiger partial charge is 0.262 e. The first-order valence-corrected chi connectivity index (χ1v) is 17.4. The van der Waals surface area contributed by atoms with Crippen molar-refractivity contribution in [2.75, 3.05) is 6.61 Å². The lowest BCUT2D eigenvalue weighted by molar-refractivity contribution is -0.136. The van der Waals surface area contributed by atoms with Crippen LogP contribution in [0.3, 0.4) is 0 Å². The van der Waals surface area contributed by atoms with Gasteiger partial charge in [-0.05, 0) is 23.7 Å². The topological polar surface area (TPSA) is 67.3 Å². The van der Waals surface area contributed by atoms with E-state index in [9.17, 15) is 9.59 Å². The summed E-state index contributed by atoms with van der Waals surface area (Å²) in [6.07, 6.45) is 3.82. The van der Waals surface area contributed by atoms with E-state index in [-0.39, 0.29) is 18.4 Å². The van der Waals surface area contributed by atoms with E-state index >= 15 is 0 Å². The first-order chi connectivity index (χ1) is 19.3. The summed E-state index contributed by atoms with van der Waals surface area (Å²) in [7, 11) is -1.22. The molecule has 6 rings (SSSR count). The molecule has 0 saturated heterocycles. The number of hydrogen-bond acceptors (Lipinski definition) is 3. The largest absolute Gasteiger partial charge is 0.361 e. The molecule has 5 aromatic rings.